The standard InChI is InChI=1S/C14H24O3Si/c1-5-12(18(2,3)4)13(15)7-6-8-14(11-13)16-9-10-17-14/h15H,1,6-11H2,2-4H3. The van der Waals surface area contributed by atoms with Crippen LogP contribution in [0.4, 0.5) is 0 Å². The first-order valence-corrected chi connectivity index (χ1v) is 10.2. The normalized spacial score (nSPS) is 31.3. The van der Waals surface area contributed by atoms with Gasteiger partial charge in [-0.15, -0.1) is 5.73 Å². The summed E-state index contributed by atoms with van der Waals surface area (Å²) >= 11 is 0. The molecular weight excluding hydrogens is 244 g/mol. The first-order chi connectivity index (χ1) is 8.31. The van der Waals surface area contributed by atoms with Crippen molar-refractivity contribution in [2.75, 3.05) is 13.2 Å². The lowest BCUT2D eigenvalue weighted by Gasteiger charge is -2.45. The molecule has 1 atom stereocenters. The van der Waals surface area contributed by atoms with Gasteiger partial charge in [-0.2, -0.15) is 0 Å². The summed E-state index contributed by atoms with van der Waals surface area (Å²) in [5, 5.41) is 12.0. The van der Waals surface area contributed by atoms with Crippen LogP contribution in [-0.4, -0.2) is 37.8 Å². The molecule has 2 aliphatic rings. The van der Waals surface area contributed by atoms with Gasteiger partial charge >= 0.3 is 0 Å². The zero-order valence-electron chi connectivity index (χ0n) is 11.7. The van der Waals surface area contributed by atoms with Crippen LogP contribution < -0.4 is 0 Å². The molecule has 1 N–H and O–H groups in total. The highest BCUT2D eigenvalue weighted by Gasteiger charge is 2.51. The van der Waals surface area contributed by atoms with Crippen molar-refractivity contribution in [3.05, 3.63) is 17.5 Å². The van der Waals surface area contributed by atoms with Crippen LogP contribution in [0.1, 0.15) is 25.7 Å². The van der Waals surface area contributed by atoms with Gasteiger partial charge in [0.05, 0.1) is 26.9 Å². The molecule has 1 heterocycles. The molecule has 0 radical (unpaired) electrons. The largest absolute Gasteiger partial charge is 0.385 e. The summed E-state index contributed by atoms with van der Waals surface area (Å²) in [5.74, 6) is -0.561. The Labute approximate surface area is 110 Å². The molecule has 1 saturated carbocycles. The van der Waals surface area contributed by atoms with Crippen LogP contribution >= 0.6 is 0 Å². The summed E-state index contributed by atoms with van der Waals surface area (Å²) in [5.41, 5.74) is 2.19. The van der Waals surface area contributed by atoms with Crippen LogP contribution in [0.2, 0.25) is 19.6 Å². The third-order valence-electron chi connectivity index (χ3n) is 3.92. The van der Waals surface area contributed by atoms with Gasteiger partial charge in [0.1, 0.15) is 0 Å². The SMILES string of the molecule is C=C=C(C1(O)CCCC2(C1)OCCO2)[Si](C)(C)C. The van der Waals surface area contributed by atoms with Gasteiger partial charge < -0.3 is 14.6 Å². The first kappa shape index (κ1) is 14.0. The van der Waals surface area contributed by atoms with Gasteiger partial charge in [-0.3, -0.25) is 0 Å². The average molecular weight is 268 g/mol. The molecule has 2 rings (SSSR count). The molecule has 0 aromatic carbocycles. The van der Waals surface area contributed by atoms with Crippen LogP contribution in [0.5, 0.6) is 0 Å². The van der Waals surface area contributed by atoms with Crippen LogP contribution in [0, 0.1) is 0 Å². The number of ether oxygens (including phenoxy) is 2. The minimum atomic E-state index is -1.63. The van der Waals surface area contributed by atoms with Crippen molar-refractivity contribution >= 4 is 8.07 Å². The molecule has 0 bridgehead atoms. The van der Waals surface area contributed by atoms with E-state index in [1.165, 1.54) is 0 Å². The van der Waals surface area contributed by atoms with Crippen molar-refractivity contribution < 1.29 is 14.6 Å². The maximum atomic E-state index is 11.0. The Bertz CT molecular complexity index is 373. The molecule has 0 amide bonds. The highest BCUT2D eigenvalue weighted by atomic mass is 28.3. The van der Waals surface area contributed by atoms with Gasteiger partial charge in [0.15, 0.2) is 5.79 Å². The van der Waals surface area contributed by atoms with Crippen LogP contribution in [0.15, 0.2) is 17.5 Å². The zero-order valence-corrected chi connectivity index (χ0v) is 12.7. The maximum Gasteiger partial charge on any atom is 0.171 e. The van der Waals surface area contributed by atoms with Crippen molar-refractivity contribution in [3.63, 3.8) is 0 Å². The minimum Gasteiger partial charge on any atom is -0.385 e. The van der Waals surface area contributed by atoms with Crippen molar-refractivity contribution in [3.8, 4) is 0 Å². The lowest BCUT2D eigenvalue weighted by molar-refractivity contribution is -0.209. The molecular formula is C14H24O3Si. The van der Waals surface area contributed by atoms with Crippen LogP contribution in [0.3, 0.4) is 0 Å². The van der Waals surface area contributed by atoms with E-state index >= 15 is 0 Å². The van der Waals surface area contributed by atoms with E-state index in [1.54, 1.807) is 0 Å². The van der Waals surface area contributed by atoms with E-state index < -0.39 is 19.5 Å². The molecule has 4 heteroatoms. The highest BCUT2D eigenvalue weighted by Crippen LogP contribution is 2.45. The number of rotatable bonds is 2. The summed E-state index contributed by atoms with van der Waals surface area (Å²) in [7, 11) is -1.63. The summed E-state index contributed by atoms with van der Waals surface area (Å²) in [6.07, 6.45) is 3.10. The van der Waals surface area contributed by atoms with Gasteiger partial charge in [-0.25, -0.2) is 0 Å². The van der Waals surface area contributed by atoms with E-state index in [1.807, 2.05) is 0 Å². The predicted molar refractivity (Wildman–Crippen MR) is 74.1 cm³/mol. The molecule has 1 unspecified atom stereocenters. The van der Waals surface area contributed by atoms with E-state index in [0.717, 1.165) is 24.5 Å². The number of aliphatic hydroxyl groups is 1. The summed E-state index contributed by atoms with van der Waals surface area (Å²) in [4.78, 5) is 0. The predicted octanol–water partition coefficient (Wildman–Crippen LogP) is 2.62. The van der Waals surface area contributed by atoms with E-state index in [2.05, 4.69) is 32.0 Å². The average Bonchev–Trinajstić information content (AvgIpc) is 2.64. The van der Waals surface area contributed by atoms with Gasteiger partial charge in [0.25, 0.3) is 0 Å². The van der Waals surface area contributed by atoms with E-state index in [0.29, 0.717) is 19.6 Å². The second-order valence-corrected chi connectivity index (χ2v) is 11.5. The second kappa shape index (κ2) is 4.62. The topological polar surface area (TPSA) is 38.7 Å². The maximum absolute atomic E-state index is 11.0. The Kier molecular flexibility index (Phi) is 3.60. The second-order valence-electron chi connectivity index (χ2n) is 6.47. The van der Waals surface area contributed by atoms with Crippen LogP contribution in [-0.2, 0) is 9.47 Å². The van der Waals surface area contributed by atoms with Gasteiger partial charge in [-0.1, -0.05) is 26.2 Å². The van der Waals surface area contributed by atoms with Crippen molar-refractivity contribution in [2.45, 2.75) is 56.7 Å². The fourth-order valence-electron chi connectivity index (χ4n) is 3.36. The summed E-state index contributed by atoms with van der Waals surface area (Å²) in [6.45, 7) is 11.7. The molecule has 0 aromatic rings. The lowest BCUT2D eigenvalue weighted by atomic mass is 9.80. The Hall–Kier alpha value is -0.383. The van der Waals surface area contributed by atoms with E-state index in [4.69, 9.17) is 9.47 Å². The van der Waals surface area contributed by atoms with Gasteiger partial charge in [0, 0.05) is 12.8 Å². The van der Waals surface area contributed by atoms with Crippen molar-refractivity contribution in [1.82, 2.24) is 0 Å². The van der Waals surface area contributed by atoms with Gasteiger partial charge in [0.2, 0.25) is 0 Å². The smallest absolute Gasteiger partial charge is 0.171 e. The minimum absolute atomic E-state index is 0.530. The Morgan fingerprint density at radius 3 is 2.33 bits per heavy atom. The molecule has 3 nitrogen and oxygen atoms in total. The molecule has 1 saturated heterocycles. The fourth-order valence-corrected chi connectivity index (χ4v) is 5.50. The highest BCUT2D eigenvalue weighted by molar-refractivity contribution is 6.83. The summed E-state index contributed by atoms with van der Waals surface area (Å²) in [6, 6.07) is 0. The molecule has 0 aromatic heterocycles. The number of hydrogen-bond donors (Lipinski definition) is 1. The van der Waals surface area contributed by atoms with Crippen molar-refractivity contribution in [2.24, 2.45) is 0 Å². The molecule has 2 fully saturated rings. The van der Waals surface area contributed by atoms with Crippen molar-refractivity contribution in [1.29, 1.82) is 0 Å². The molecule has 102 valence electrons. The van der Waals surface area contributed by atoms with E-state index in [-0.39, 0.29) is 0 Å². The zero-order chi connectivity index (χ0) is 13.4. The fraction of sp³-hybridized carbons (Fsp3) is 0.786. The molecule has 1 spiro atoms. The molecule has 1 aliphatic carbocycles. The molecule has 18 heavy (non-hydrogen) atoms. The number of hydrogen-bond acceptors (Lipinski definition) is 3. The Balaban J connectivity index is 2.28. The van der Waals surface area contributed by atoms with Gasteiger partial charge in [-0.05, 0) is 18.0 Å². The Morgan fingerprint density at radius 1 is 1.22 bits per heavy atom. The van der Waals surface area contributed by atoms with Crippen LogP contribution in [0.25, 0.3) is 0 Å². The first-order valence-electron chi connectivity index (χ1n) is 6.73. The lowest BCUT2D eigenvalue weighted by Crippen LogP contribution is -2.51. The monoisotopic (exact) mass is 268 g/mol. The van der Waals surface area contributed by atoms with E-state index in [9.17, 15) is 5.11 Å². The summed E-state index contributed by atoms with van der Waals surface area (Å²) < 4.78 is 11.5. The molecule has 1 aliphatic heterocycles. The third-order valence-corrected chi connectivity index (χ3v) is 6.06. The Morgan fingerprint density at radius 2 is 1.83 bits per heavy atom. The quantitative estimate of drug-likeness (QED) is 0.618. The third kappa shape index (κ3) is 2.49.